The first kappa shape index (κ1) is 14.7. The van der Waals surface area contributed by atoms with Crippen molar-refractivity contribution in [2.75, 3.05) is 21.3 Å². The molecule has 0 spiro atoms. The molecule has 6 heteroatoms. The lowest BCUT2D eigenvalue weighted by Crippen LogP contribution is -2.02. The number of hydrogen-bond donors (Lipinski definition) is 1. The maximum Gasteiger partial charge on any atom is 0.164 e. The highest BCUT2D eigenvalue weighted by molar-refractivity contribution is 9.09. The number of rotatable bonds is 6. The van der Waals surface area contributed by atoms with Gasteiger partial charge in [0, 0.05) is 30.4 Å². The van der Waals surface area contributed by atoms with E-state index in [-0.39, 0.29) is 4.83 Å². The van der Waals surface area contributed by atoms with Crippen LogP contribution in [0.4, 0.5) is 0 Å². The van der Waals surface area contributed by atoms with Crippen molar-refractivity contribution in [1.29, 1.82) is 0 Å². The quantitative estimate of drug-likeness (QED) is 0.821. The maximum absolute atomic E-state index is 5.43. The predicted molar refractivity (Wildman–Crippen MR) is 80.1 cm³/mol. The number of ether oxygens (including phenoxy) is 3. The van der Waals surface area contributed by atoms with Crippen LogP contribution in [0.3, 0.4) is 0 Å². The van der Waals surface area contributed by atoms with Crippen LogP contribution in [-0.4, -0.2) is 31.3 Å². The van der Waals surface area contributed by atoms with Gasteiger partial charge < -0.3 is 19.2 Å². The molecule has 0 aliphatic heterocycles. The molecule has 0 aliphatic rings. The van der Waals surface area contributed by atoms with Crippen molar-refractivity contribution in [3.8, 4) is 17.2 Å². The molecule has 1 aromatic carbocycles. The lowest BCUT2D eigenvalue weighted by molar-refractivity contribution is 0.347. The zero-order valence-corrected chi connectivity index (χ0v) is 13.2. The van der Waals surface area contributed by atoms with Crippen molar-refractivity contribution in [3.05, 3.63) is 35.9 Å². The molecule has 2 aromatic rings. The number of imidazole rings is 1. The van der Waals surface area contributed by atoms with Crippen LogP contribution < -0.4 is 14.2 Å². The highest BCUT2D eigenvalue weighted by Crippen LogP contribution is 2.40. The van der Waals surface area contributed by atoms with E-state index in [4.69, 9.17) is 14.2 Å². The number of benzene rings is 1. The van der Waals surface area contributed by atoms with E-state index in [1.807, 2.05) is 12.1 Å². The van der Waals surface area contributed by atoms with Crippen LogP contribution in [0.2, 0.25) is 0 Å². The van der Waals surface area contributed by atoms with Gasteiger partial charge in [0.25, 0.3) is 0 Å². The fourth-order valence-corrected chi connectivity index (χ4v) is 2.65. The molecule has 108 valence electrons. The van der Waals surface area contributed by atoms with Crippen LogP contribution in [-0.2, 0) is 6.42 Å². The summed E-state index contributed by atoms with van der Waals surface area (Å²) in [5.41, 5.74) is 0.988. The number of nitrogens with one attached hydrogen (secondary N) is 1. The predicted octanol–water partition coefficient (Wildman–Crippen LogP) is 3.11. The van der Waals surface area contributed by atoms with E-state index in [1.165, 1.54) is 0 Å². The van der Waals surface area contributed by atoms with Crippen LogP contribution in [0.1, 0.15) is 16.2 Å². The minimum atomic E-state index is 0.0587. The van der Waals surface area contributed by atoms with Crippen LogP contribution in [0.15, 0.2) is 24.5 Å². The van der Waals surface area contributed by atoms with E-state index in [0.717, 1.165) is 23.6 Å². The molecule has 20 heavy (non-hydrogen) atoms. The molecule has 0 radical (unpaired) electrons. The topological polar surface area (TPSA) is 56.4 Å². The highest BCUT2D eigenvalue weighted by Gasteiger charge is 2.19. The van der Waals surface area contributed by atoms with Crippen molar-refractivity contribution >= 4 is 15.9 Å². The third-order valence-corrected chi connectivity index (χ3v) is 3.82. The van der Waals surface area contributed by atoms with Crippen LogP contribution in [0.25, 0.3) is 0 Å². The Morgan fingerprint density at radius 1 is 1.10 bits per heavy atom. The molecule has 0 amide bonds. The first-order chi connectivity index (χ1) is 9.69. The largest absolute Gasteiger partial charge is 0.496 e. The summed E-state index contributed by atoms with van der Waals surface area (Å²) in [7, 11) is 4.85. The molecule has 1 aromatic heterocycles. The number of methoxy groups -OCH3 is 3. The first-order valence-corrected chi connectivity index (χ1v) is 7.03. The summed E-state index contributed by atoms with van der Waals surface area (Å²) in [6, 6.07) is 3.74. The molecule has 0 aliphatic carbocycles. The number of hydrogen-bond acceptors (Lipinski definition) is 4. The minimum absolute atomic E-state index is 0.0587. The third kappa shape index (κ3) is 3.07. The zero-order valence-electron chi connectivity index (χ0n) is 11.6. The summed E-state index contributed by atoms with van der Waals surface area (Å²) < 4.78 is 16.0. The fourth-order valence-electron chi connectivity index (χ4n) is 1.99. The molecule has 1 unspecified atom stereocenters. The van der Waals surface area contributed by atoms with Crippen molar-refractivity contribution in [1.82, 2.24) is 9.97 Å². The van der Waals surface area contributed by atoms with Gasteiger partial charge in [-0.1, -0.05) is 15.9 Å². The maximum atomic E-state index is 5.43. The van der Waals surface area contributed by atoms with Crippen LogP contribution >= 0.6 is 15.9 Å². The molecule has 1 heterocycles. The number of alkyl halides is 1. The summed E-state index contributed by atoms with van der Waals surface area (Å²) >= 11 is 3.67. The van der Waals surface area contributed by atoms with Gasteiger partial charge in [0.1, 0.15) is 11.6 Å². The van der Waals surface area contributed by atoms with E-state index >= 15 is 0 Å². The van der Waals surface area contributed by atoms with E-state index in [9.17, 15) is 0 Å². The van der Waals surface area contributed by atoms with Gasteiger partial charge in [-0.05, 0) is 6.07 Å². The number of aromatic nitrogens is 2. The fraction of sp³-hybridized carbons (Fsp3) is 0.357. The Morgan fingerprint density at radius 2 is 1.75 bits per heavy atom. The number of aromatic amines is 1. The summed E-state index contributed by atoms with van der Waals surface area (Å²) in [6.07, 6.45) is 4.26. The molecular weight excluding hydrogens is 324 g/mol. The van der Waals surface area contributed by atoms with E-state index in [2.05, 4.69) is 25.9 Å². The second-order valence-electron chi connectivity index (χ2n) is 4.16. The van der Waals surface area contributed by atoms with Gasteiger partial charge in [-0.15, -0.1) is 0 Å². The van der Waals surface area contributed by atoms with Gasteiger partial charge in [-0.2, -0.15) is 0 Å². The molecule has 0 bridgehead atoms. The summed E-state index contributed by atoms with van der Waals surface area (Å²) in [4.78, 5) is 7.38. The van der Waals surface area contributed by atoms with E-state index in [1.54, 1.807) is 33.7 Å². The lowest BCUT2D eigenvalue weighted by Gasteiger charge is -2.17. The molecule has 5 nitrogen and oxygen atoms in total. The Balaban J connectivity index is 2.33. The Bertz CT molecular complexity index is 558. The highest BCUT2D eigenvalue weighted by atomic mass is 79.9. The molecule has 0 saturated carbocycles. The summed E-state index contributed by atoms with van der Waals surface area (Å²) in [6.45, 7) is 0. The Kier molecular flexibility index (Phi) is 4.89. The van der Waals surface area contributed by atoms with Gasteiger partial charge in [0.15, 0.2) is 11.5 Å². The third-order valence-electron chi connectivity index (χ3n) is 3.00. The van der Waals surface area contributed by atoms with Crippen molar-refractivity contribution in [3.63, 3.8) is 0 Å². The van der Waals surface area contributed by atoms with Crippen LogP contribution in [0.5, 0.6) is 17.2 Å². The smallest absolute Gasteiger partial charge is 0.164 e. The van der Waals surface area contributed by atoms with Gasteiger partial charge in [-0.3, -0.25) is 0 Å². The second kappa shape index (κ2) is 6.65. The molecular formula is C14H17BrN2O3. The lowest BCUT2D eigenvalue weighted by atomic mass is 10.1. The monoisotopic (exact) mass is 340 g/mol. The minimum Gasteiger partial charge on any atom is -0.496 e. The van der Waals surface area contributed by atoms with Gasteiger partial charge in [0.05, 0.1) is 26.2 Å². The van der Waals surface area contributed by atoms with Crippen molar-refractivity contribution in [2.24, 2.45) is 0 Å². The first-order valence-electron chi connectivity index (χ1n) is 6.11. The van der Waals surface area contributed by atoms with Gasteiger partial charge >= 0.3 is 0 Å². The number of halogens is 1. The Hall–Kier alpha value is -1.69. The van der Waals surface area contributed by atoms with Gasteiger partial charge in [-0.25, -0.2) is 4.98 Å². The number of H-pyrrole nitrogens is 1. The van der Waals surface area contributed by atoms with Crippen molar-refractivity contribution in [2.45, 2.75) is 11.2 Å². The van der Waals surface area contributed by atoms with E-state index < -0.39 is 0 Å². The van der Waals surface area contributed by atoms with E-state index in [0.29, 0.717) is 11.5 Å². The van der Waals surface area contributed by atoms with Crippen molar-refractivity contribution < 1.29 is 14.2 Å². The molecule has 0 fully saturated rings. The average molecular weight is 341 g/mol. The molecule has 2 rings (SSSR count). The van der Waals surface area contributed by atoms with Crippen LogP contribution in [0, 0.1) is 0 Å². The Labute approximate surface area is 126 Å². The van der Waals surface area contributed by atoms with Gasteiger partial charge in [0.2, 0.25) is 0 Å². The Morgan fingerprint density at radius 3 is 2.30 bits per heavy atom. The zero-order chi connectivity index (χ0) is 14.5. The molecule has 1 atom stereocenters. The normalized spacial score (nSPS) is 12.0. The standard InChI is InChI=1S/C14H17BrN2O3/c1-18-11-8-13(20-3)12(19-2)6-9(11)10(15)7-14-16-4-5-17-14/h4-6,8,10H,7H2,1-3H3,(H,16,17). The second-order valence-corrected chi connectivity index (χ2v) is 5.26. The molecule has 0 saturated heterocycles. The molecule has 1 N–H and O–H groups in total. The SMILES string of the molecule is COc1cc(OC)c(C(Br)Cc2ncc[nH]2)cc1OC. The summed E-state index contributed by atoms with van der Waals surface area (Å²) in [5, 5.41) is 0. The average Bonchev–Trinajstić information content (AvgIpc) is 2.98. The number of nitrogens with zero attached hydrogens (tertiary/aromatic N) is 1. The summed E-state index contributed by atoms with van der Waals surface area (Å²) in [5.74, 6) is 2.97.